The Morgan fingerprint density at radius 1 is 1.38 bits per heavy atom. The molecule has 116 valence electrons. The van der Waals surface area contributed by atoms with Crippen molar-refractivity contribution in [3.63, 3.8) is 0 Å². The third-order valence-corrected chi connectivity index (χ3v) is 4.57. The fraction of sp³-hybridized carbons (Fsp3) is 0.800. The highest BCUT2D eigenvalue weighted by molar-refractivity contribution is 5.76. The van der Waals surface area contributed by atoms with E-state index in [4.69, 9.17) is 0 Å². The average molecular weight is 291 g/mol. The summed E-state index contributed by atoms with van der Waals surface area (Å²) in [6.45, 7) is 4.87. The minimum absolute atomic E-state index is 0.193. The van der Waals surface area contributed by atoms with Gasteiger partial charge < -0.3 is 10.6 Å². The maximum absolute atomic E-state index is 12.1. The van der Waals surface area contributed by atoms with E-state index < -0.39 is 0 Å². The van der Waals surface area contributed by atoms with Crippen molar-refractivity contribution in [2.24, 2.45) is 5.92 Å². The molecular weight excluding hydrogens is 266 g/mol. The fourth-order valence-corrected chi connectivity index (χ4v) is 3.36. The van der Waals surface area contributed by atoms with Crippen LogP contribution in [0.1, 0.15) is 43.8 Å². The lowest BCUT2D eigenvalue weighted by Gasteiger charge is -2.25. The summed E-state index contributed by atoms with van der Waals surface area (Å²) in [5, 5.41) is 10.9. The molecule has 1 amide bonds. The van der Waals surface area contributed by atoms with E-state index in [1.807, 2.05) is 11.6 Å². The van der Waals surface area contributed by atoms with E-state index in [-0.39, 0.29) is 11.9 Å². The van der Waals surface area contributed by atoms with Crippen LogP contribution in [-0.2, 0) is 17.8 Å². The number of fused-ring (bicyclic) bond motifs is 1. The van der Waals surface area contributed by atoms with Crippen molar-refractivity contribution >= 4 is 5.91 Å². The van der Waals surface area contributed by atoms with Crippen molar-refractivity contribution in [3.8, 4) is 0 Å². The van der Waals surface area contributed by atoms with Gasteiger partial charge >= 0.3 is 0 Å². The lowest BCUT2D eigenvalue weighted by Crippen LogP contribution is -2.41. The third-order valence-electron chi connectivity index (χ3n) is 4.57. The highest BCUT2D eigenvalue weighted by Gasteiger charge is 2.22. The van der Waals surface area contributed by atoms with Gasteiger partial charge in [-0.15, -0.1) is 0 Å². The van der Waals surface area contributed by atoms with Gasteiger partial charge in [-0.05, 0) is 51.6 Å². The van der Waals surface area contributed by atoms with E-state index in [0.717, 1.165) is 50.5 Å². The van der Waals surface area contributed by atoms with Crippen LogP contribution in [-0.4, -0.2) is 39.8 Å². The maximum atomic E-state index is 12.1. The first kappa shape index (κ1) is 14.5. The second-order valence-electron chi connectivity index (χ2n) is 6.29. The number of amides is 1. The molecule has 6 heteroatoms. The largest absolute Gasteiger partial charge is 0.351 e. The van der Waals surface area contributed by atoms with Crippen molar-refractivity contribution in [1.82, 2.24) is 25.4 Å². The lowest BCUT2D eigenvalue weighted by molar-refractivity contribution is -0.122. The zero-order chi connectivity index (χ0) is 14.7. The first-order chi connectivity index (χ1) is 10.2. The summed E-state index contributed by atoms with van der Waals surface area (Å²) in [6.07, 6.45) is 5.96. The molecule has 2 aliphatic heterocycles. The van der Waals surface area contributed by atoms with Crippen molar-refractivity contribution in [2.45, 2.75) is 58.0 Å². The average Bonchev–Trinajstić information content (AvgIpc) is 2.85. The number of hydrogen-bond donors (Lipinski definition) is 2. The van der Waals surface area contributed by atoms with Crippen LogP contribution in [0, 0.1) is 12.8 Å². The number of aryl methyl sites for hydroxylation is 2. The first-order valence-electron chi connectivity index (χ1n) is 8.11. The Hall–Kier alpha value is -1.43. The minimum Gasteiger partial charge on any atom is -0.351 e. The summed E-state index contributed by atoms with van der Waals surface area (Å²) < 4.78 is 1.94. The SMILES string of the molecule is Cc1nc2n(n1)CC(NC(=O)CCC1CCNCC1)CC2. The van der Waals surface area contributed by atoms with Crippen molar-refractivity contribution in [2.75, 3.05) is 13.1 Å². The molecule has 1 fully saturated rings. The van der Waals surface area contributed by atoms with Gasteiger partial charge in [-0.2, -0.15) is 5.10 Å². The van der Waals surface area contributed by atoms with Crippen LogP contribution in [0.2, 0.25) is 0 Å². The van der Waals surface area contributed by atoms with Gasteiger partial charge in [0.1, 0.15) is 11.6 Å². The topological polar surface area (TPSA) is 71.8 Å². The van der Waals surface area contributed by atoms with Crippen molar-refractivity contribution in [3.05, 3.63) is 11.6 Å². The molecule has 3 heterocycles. The Kier molecular flexibility index (Phi) is 4.53. The number of aromatic nitrogens is 3. The molecule has 0 radical (unpaired) electrons. The van der Waals surface area contributed by atoms with Crippen LogP contribution < -0.4 is 10.6 Å². The summed E-state index contributed by atoms with van der Waals surface area (Å²) in [4.78, 5) is 16.5. The minimum atomic E-state index is 0.193. The molecule has 3 rings (SSSR count). The zero-order valence-electron chi connectivity index (χ0n) is 12.8. The standard InChI is InChI=1S/C15H25N5O/c1-11-17-14-4-3-13(10-20(14)19-11)18-15(21)5-2-12-6-8-16-9-7-12/h12-13,16H,2-10H2,1H3,(H,18,21). The summed E-state index contributed by atoms with van der Waals surface area (Å²) >= 11 is 0. The number of piperidine rings is 1. The van der Waals surface area contributed by atoms with E-state index in [1.165, 1.54) is 12.8 Å². The number of hydrogen-bond acceptors (Lipinski definition) is 4. The van der Waals surface area contributed by atoms with Gasteiger partial charge in [-0.3, -0.25) is 4.79 Å². The highest BCUT2D eigenvalue weighted by Crippen LogP contribution is 2.18. The highest BCUT2D eigenvalue weighted by atomic mass is 16.1. The van der Waals surface area contributed by atoms with E-state index in [9.17, 15) is 4.79 Å². The Morgan fingerprint density at radius 3 is 3.00 bits per heavy atom. The fourth-order valence-electron chi connectivity index (χ4n) is 3.36. The second-order valence-corrected chi connectivity index (χ2v) is 6.29. The molecular formula is C15H25N5O. The molecule has 0 aliphatic carbocycles. The number of carbonyl (C=O) groups is 1. The van der Waals surface area contributed by atoms with E-state index in [2.05, 4.69) is 20.7 Å². The maximum Gasteiger partial charge on any atom is 0.220 e. The van der Waals surface area contributed by atoms with Gasteiger partial charge in [0.15, 0.2) is 0 Å². The molecule has 1 saturated heterocycles. The van der Waals surface area contributed by atoms with Gasteiger partial charge in [0.25, 0.3) is 0 Å². The molecule has 0 bridgehead atoms. The van der Waals surface area contributed by atoms with Crippen LogP contribution in [0.5, 0.6) is 0 Å². The zero-order valence-corrected chi connectivity index (χ0v) is 12.8. The van der Waals surface area contributed by atoms with Crippen LogP contribution in [0.3, 0.4) is 0 Å². The van der Waals surface area contributed by atoms with Crippen molar-refractivity contribution in [1.29, 1.82) is 0 Å². The van der Waals surface area contributed by atoms with Gasteiger partial charge in [0, 0.05) is 18.9 Å². The number of rotatable bonds is 4. The molecule has 2 aliphatic rings. The first-order valence-corrected chi connectivity index (χ1v) is 8.11. The Labute approximate surface area is 125 Å². The Bertz CT molecular complexity index is 492. The molecule has 0 saturated carbocycles. The third kappa shape index (κ3) is 3.81. The van der Waals surface area contributed by atoms with Crippen molar-refractivity contribution < 1.29 is 4.79 Å². The van der Waals surface area contributed by atoms with Crippen LogP contribution in [0.25, 0.3) is 0 Å². The van der Waals surface area contributed by atoms with E-state index >= 15 is 0 Å². The van der Waals surface area contributed by atoms with Gasteiger partial charge in [-0.1, -0.05) is 0 Å². The smallest absolute Gasteiger partial charge is 0.220 e. The van der Waals surface area contributed by atoms with Crippen LogP contribution >= 0.6 is 0 Å². The summed E-state index contributed by atoms with van der Waals surface area (Å²) in [5.41, 5.74) is 0. The molecule has 2 N–H and O–H groups in total. The Balaban J connectivity index is 1.43. The lowest BCUT2D eigenvalue weighted by atomic mass is 9.93. The molecule has 6 nitrogen and oxygen atoms in total. The van der Waals surface area contributed by atoms with Crippen LogP contribution in [0.15, 0.2) is 0 Å². The number of nitrogens with one attached hydrogen (secondary N) is 2. The quantitative estimate of drug-likeness (QED) is 0.860. The van der Waals surface area contributed by atoms with Gasteiger partial charge in [-0.25, -0.2) is 9.67 Å². The van der Waals surface area contributed by atoms with Crippen LogP contribution in [0.4, 0.5) is 0 Å². The normalized spacial score (nSPS) is 22.8. The molecule has 1 atom stereocenters. The molecule has 0 aromatic carbocycles. The summed E-state index contributed by atoms with van der Waals surface area (Å²) in [7, 11) is 0. The molecule has 0 spiro atoms. The van der Waals surface area contributed by atoms with E-state index in [0.29, 0.717) is 12.3 Å². The molecule has 1 aromatic heterocycles. The summed E-state index contributed by atoms with van der Waals surface area (Å²) in [6, 6.07) is 0.208. The number of nitrogens with zero attached hydrogens (tertiary/aromatic N) is 3. The molecule has 1 unspecified atom stereocenters. The van der Waals surface area contributed by atoms with Gasteiger partial charge in [0.05, 0.1) is 6.54 Å². The molecule has 1 aromatic rings. The number of carbonyl (C=O) groups excluding carboxylic acids is 1. The van der Waals surface area contributed by atoms with Gasteiger partial charge in [0.2, 0.25) is 5.91 Å². The predicted octanol–water partition coefficient (Wildman–Crippen LogP) is 0.797. The van der Waals surface area contributed by atoms with E-state index in [1.54, 1.807) is 0 Å². The molecule has 21 heavy (non-hydrogen) atoms. The summed E-state index contributed by atoms with van der Waals surface area (Å²) in [5.74, 6) is 2.78. The Morgan fingerprint density at radius 2 is 2.19 bits per heavy atom. The monoisotopic (exact) mass is 291 g/mol. The predicted molar refractivity (Wildman–Crippen MR) is 79.8 cm³/mol. The second kappa shape index (κ2) is 6.56.